The molecule has 0 bridgehead atoms. The van der Waals surface area contributed by atoms with E-state index in [4.69, 9.17) is 4.74 Å². The van der Waals surface area contributed by atoms with Crippen LogP contribution in [0.5, 0.6) is 0 Å². The second-order valence-corrected chi connectivity index (χ2v) is 4.19. The first kappa shape index (κ1) is 11.2. The molecule has 0 aromatic carbocycles. The van der Waals surface area contributed by atoms with Crippen LogP contribution in [0.2, 0.25) is 0 Å². The van der Waals surface area contributed by atoms with Gasteiger partial charge in [-0.25, -0.2) is 4.79 Å². The molecule has 0 N–H and O–H groups in total. The third-order valence-electron chi connectivity index (χ3n) is 1.07. The van der Waals surface area contributed by atoms with Crippen molar-refractivity contribution in [2.75, 3.05) is 0 Å². The lowest BCUT2D eigenvalue weighted by atomic mass is 9.96. The van der Waals surface area contributed by atoms with Crippen molar-refractivity contribution >= 4 is 5.97 Å². The summed E-state index contributed by atoms with van der Waals surface area (Å²) >= 11 is 0. The van der Waals surface area contributed by atoms with E-state index in [0.29, 0.717) is 0 Å². The lowest BCUT2D eigenvalue weighted by Crippen LogP contribution is -2.09. The Balaban J connectivity index is 3.93. The van der Waals surface area contributed by atoms with Gasteiger partial charge in [-0.2, -0.15) is 0 Å². The van der Waals surface area contributed by atoms with Gasteiger partial charge in [0.25, 0.3) is 0 Å². The Bertz CT molecular complexity index is 173. The van der Waals surface area contributed by atoms with Gasteiger partial charge in [0.2, 0.25) is 0 Å². The van der Waals surface area contributed by atoms with Crippen LogP contribution in [0.15, 0.2) is 12.2 Å². The summed E-state index contributed by atoms with van der Waals surface area (Å²) in [6.45, 7) is 9.77. The Hall–Kier alpha value is -0.790. The molecule has 0 heterocycles. The first-order valence-electron chi connectivity index (χ1n) is 4.21. The Labute approximate surface area is 74.6 Å². The first-order valence-corrected chi connectivity index (χ1v) is 4.21. The average molecular weight is 170 g/mol. The van der Waals surface area contributed by atoms with Gasteiger partial charge in [-0.3, -0.25) is 0 Å². The van der Waals surface area contributed by atoms with Crippen LogP contribution in [0.1, 0.15) is 34.6 Å². The van der Waals surface area contributed by atoms with Crippen molar-refractivity contribution in [3.05, 3.63) is 12.2 Å². The van der Waals surface area contributed by atoms with Gasteiger partial charge in [-0.05, 0) is 19.3 Å². The van der Waals surface area contributed by atoms with Gasteiger partial charge in [-0.15, -0.1) is 0 Å². The molecule has 0 saturated heterocycles. The summed E-state index contributed by atoms with van der Waals surface area (Å²) in [6.07, 6.45) is 3.29. The van der Waals surface area contributed by atoms with E-state index in [9.17, 15) is 4.79 Å². The molecule has 0 aliphatic carbocycles. The summed E-state index contributed by atoms with van der Waals surface area (Å²) in [4.78, 5) is 11.0. The number of hydrogen-bond donors (Lipinski definition) is 0. The highest BCUT2D eigenvalue weighted by Crippen LogP contribution is 2.14. The molecule has 0 atom stereocenters. The van der Waals surface area contributed by atoms with Crippen molar-refractivity contribution in [2.24, 2.45) is 5.41 Å². The first-order chi connectivity index (χ1) is 5.31. The monoisotopic (exact) mass is 170 g/mol. The third kappa shape index (κ3) is 7.32. The molecule has 12 heavy (non-hydrogen) atoms. The van der Waals surface area contributed by atoms with Crippen LogP contribution in [-0.4, -0.2) is 12.1 Å². The topological polar surface area (TPSA) is 26.3 Å². The van der Waals surface area contributed by atoms with Crippen molar-refractivity contribution in [3.8, 4) is 0 Å². The fourth-order valence-corrected chi connectivity index (χ4v) is 0.590. The molecular weight excluding hydrogens is 152 g/mol. The van der Waals surface area contributed by atoms with E-state index < -0.39 is 0 Å². The highest BCUT2D eigenvalue weighted by atomic mass is 16.5. The van der Waals surface area contributed by atoms with E-state index in [1.807, 2.05) is 40.7 Å². The maximum absolute atomic E-state index is 11.0. The summed E-state index contributed by atoms with van der Waals surface area (Å²) < 4.78 is 4.92. The summed E-state index contributed by atoms with van der Waals surface area (Å²) in [5.41, 5.74) is 0.0377. The molecule has 2 nitrogen and oxygen atoms in total. The highest BCUT2D eigenvalue weighted by Gasteiger charge is 2.06. The van der Waals surface area contributed by atoms with E-state index in [1.54, 1.807) is 0 Å². The zero-order valence-electron chi connectivity index (χ0n) is 8.55. The molecule has 0 radical (unpaired) electrons. The van der Waals surface area contributed by atoms with Crippen molar-refractivity contribution in [2.45, 2.75) is 40.7 Å². The Kier molecular flexibility index (Phi) is 4.01. The molecule has 0 aliphatic rings. The largest absolute Gasteiger partial charge is 0.460 e. The Morgan fingerprint density at radius 2 is 1.83 bits per heavy atom. The van der Waals surface area contributed by atoms with Gasteiger partial charge in [0, 0.05) is 6.08 Å². The maximum Gasteiger partial charge on any atom is 0.330 e. The molecule has 0 aromatic rings. The smallest absolute Gasteiger partial charge is 0.330 e. The summed E-state index contributed by atoms with van der Waals surface area (Å²) in [5, 5.41) is 0. The number of esters is 1. The quantitative estimate of drug-likeness (QED) is 0.470. The normalized spacial score (nSPS) is 12.5. The fourth-order valence-electron chi connectivity index (χ4n) is 0.590. The predicted octanol–water partition coefficient (Wildman–Crippen LogP) is 2.54. The molecular formula is C10H18O2. The van der Waals surface area contributed by atoms with Crippen molar-refractivity contribution < 1.29 is 9.53 Å². The van der Waals surface area contributed by atoms with Crippen molar-refractivity contribution in [1.29, 1.82) is 0 Å². The van der Waals surface area contributed by atoms with Crippen LogP contribution in [0.25, 0.3) is 0 Å². The van der Waals surface area contributed by atoms with E-state index in [-0.39, 0.29) is 17.5 Å². The molecule has 0 fully saturated rings. The summed E-state index contributed by atoms with van der Waals surface area (Å²) in [6, 6.07) is 0. The van der Waals surface area contributed by atoms with Crippen LogP contribution in [0.3, 0.4) is 0 Å². The van der Waals surface area contributed by atoms with Gasteiger partial charge >= 0.3 is 5.97 Å². The van der Waals surface area contributed by atoms with E-state index in [1.165, 1.54) is 6.08 Å². The number of carbonyl (C=O) groups is 1. The number of carbonyl (C=O) groups excluding carboxylic acids is 1. The molecule has 0 spiro atoms. The SMILES string of the molecule is CC(C)OC(=O)/C=C/C(C)(C)C. The zero-order valence-corrected chi connectivity index (χ0v) is 8.55. The minimum atomic E-state index is -0.264. The highest BCUT2D eigenvalue weighted by molar-refractivity contribution is 5.82. The molecule has 0 amide bonds. The lowest BCUT2D eigenvalue weighted by molar-refractivity contribution is -0.141. The van der Waals surface area contributed by atoms with Crippen LogP contribution >= 0.6 is 0 Å². The van der Waals surface area contributed by atoms with Gasteiger partial charge < -0.3 is 4.74 Å². The molecule has 0 aromatic heterocycles. The summed E-state index contributed by atoms with van der Waals surface area (Å²) in [7, 11) is 0. The average Bonchev–Trinajstić information content (AvgIpc) is 1.80. The third-order valence-corrected chi connectivity index (χ3v) is 1.07. The number of ether oxygens (including phenoxy) is 1. The minimum absolute atomic E-state index is 0.0377. The van der Waals surface area contributed by atoms with Crippen LogP contribution in [0.4, 0.5) is 0 Å². The molecule has 0 aliphatic heterocycles. The molecule has 0 saturated carbocycles. The molecule has 0 rings (SSSR count). The number of allylic oxidation sites excluding steroid dienone is 1. The van der Waals surface area contributed by atoms with Gasteiger partial charge in [0.1, 0.15) is 0 Å². The second-order valence-electron chi connectivity index (χ2n) is 4.19. The van der Waals surface area contributed by atoms with Crippen molar-refractivity contribution in [3.63, 3.8) is 0 Å². The van der Waals surface area contributed by atoms with E-state index in [0.717, 1.165) is 0 Å². The molecule has 0 unspecified atom stereocenters. The Morgan fingerprint density at radius 1 is 1.33 bits per heavy atom. The van der Waals surface area contributed by atoms with Crippen molar-refractivity contribution in [1.82, 2.24) is 0 Å². The van der Waals surface area contributed by atoms with Gasteiger partial charge in [0.15, 0.2) is 0 Å². The lowest BCUT2D eigenvalue weighted by Gasteiger charge is -2.11. The molecule has 70 valence electrons. The van der Waals surface area contributed by atoms with E-state index in [2.05, 4.69) is 0 Å². The fraction of sp³-hybridized carbons (Fsp3) is 0.700. The number of rotatable bonds is 2. The predicted molar refractivity (Wildman–Crippen MR) is 49.8 cm³/mol. The standard InChI is InChI=1S/C10H18O2/c1-8(2)12-9(11)6-7-10(3,4)5/h6-8H,1-5H3/b7-6+. The zero-order chi connectivity index (χ0) is 9.78. The maximum atomic E-state index is 11.0. The number of hydrogen-bond acceptors (Lipinski definition) is 2. The van der Waals surface area contributed by atoms with Crippen LogP contribution in [0, 0.1) is 5.41 Å². The second kappa shape index (κ2) is 4.29. The van der Waals surface area contributed by atoms with Gasteiger partial charge in [-0.1, -0.05) is 26.8 Å². The van der Waals surface area contributed by atoms with E-state index >= 15 is 0 Å². The van der Waals surface area contributed by atoms with Crippen LogP contribution in [-0.2, 0) is 9.53 Å². The van der Waals surface area contributed by atoms with Gasteiger partial charge in [0.05, 0.1) is 6.10 Å². The minimum Gasteiger partial charge on any atom is -0.460 e. The molecule has 2 heteroatoms. The Morgan fingerprint density at radius 3 is 2.17 bits per heavy atom. The summed E-state index contributed by atoms with van der Waals surface area (Å²) in [5.74, 6) is -0.264. The van der Waals surface area contributed by atoms with Crippen LogP contribution < -0.4 is 0 Å².